The third kappa shape index (κ3) is 5.15. The minimum Gasteiger partial charge on any atom is -0.308 e. The highest BCUT2D eigenvalue weighted by Gasteiger charge is 2.30. The molecule has 0 fully saturated rings. The second kappa shape index (κ2) is 9.77. The number of fused-ring (bicyclic) bond motifs is 1. The quantitative estimate of drug-likeness (QED) is 0.303. The molecule has 3 aromatic heterocycles. The van der Waals surface area contributed by atoms with E-state index in [-0.39, 0.29) is 19.0 Å². The number of aryl methyl sites for hydroxylation is 3. The Bertz CT molecular complexity index is 1650. The van der Waals surface area contributed by atoms with Crippen LogP contribution in [0.25, 0.3) is 22.2 Å². The zero-order chi connectivity index (χ0) is 27.0. The van der Waals surface area contributed by atoms with Crippen LogP contribution in [-0.4, -0.2) is 30.5 Å². The van der Waals surface area contributed by atoms with Gasteiger partial charge in [-0.25, -0.2) is 9.67 Å². The van der Waals surface area contributed by atoms with Crippen molar-refractivity contribution in [3.05, 3.63) is 94.9 Å². The summed E-state index contributed by atoms with van der Waals surface area (Å²) in [4.78, 5) is 17.4. The molecular formula is C28H25F3N6O. The number of benzene rings is 2. The molecule has 7 nitrogen and oxygen atoms in total. The average molecular weight is 519 g/mol. The lowest BCUT2D eigenvalue weighted by molar-refractivity contribution is -0.137. The Morgan fingerprint density at radius 2 is 1.74 bits per heavy atom. The first-order valence-electron chi connectivity index (χ1n) is 12.0. The first-order chi connectivity index (χ1) is 18.1. The molecule has 0 spiro atoms. The van der Waals surface area contributed by atoms with Crippen molar-refractivity contribution < 1.29 is 18.0 Å². The molecule has 194 valence electrons. The summed E-state index contributed by atoms with van der Waals surface area (Å²) in [6, 6.07) is 16.9. The number of hydrogen-bond donors (Lipinski definition) is 1. The van der Waals surface area contributed by atoms with Crippen molar-refractivity contribution in [3.8, 4) is 11.1 Å². The lowest BCUT2D eigenvalue weighted by Crippen LogP contribution is -2.20. The van der Waals surface area contributed by atoms with Gasteiger partial charge in [0.05, 0.1) is 17.8 Å². The molecule has 0 saturated heterocycles. The molecule has 0 saturated carbocycles. The Balaban J connectivity index is 1.34. The summed E-state index contributed by atoms with van der Waals surface area (Å²) in [6.07, 6.45) is -2.71. The lowest BCUT2D eigenvalue weighted by atomic mass is 10.0. The summed E-state index contributed by atoms with van der Waals surface area (Å²) in [5.41, 5.74) is 4.98. The maximum absolute atomic E-state index is 13.1. The van der Waals surface area contributed by atoms with Gasteiger partial charge in [0.25, 0.3) is 0 Å². The van der Waals surface area contributed by atoms with E-state index in [4.69, 9.17) is 0 Å². The first kappa shape index (κ1) is 25.2. The van der Waals surface area contributed by atoms with Crippen LogP contribution in [-0.2, 0) is 24.1 Å². The van der Waals surface area contributed by atoms with Crippen LogP contribution in [0.3, 0.4) is 0 Å². The Morgan fingerprint density at radius 3 is 2.50 bits per heavy atom. The summed E-state index contributed by atoms with van der Waals surface area (Å²) in [5, 5.41) is 12.6. The maximum atomic E-state index is 13.1. The topological polar surface area (TPSA) is 77.6 Å². The van der Waals surface area contributed by atoms with Gasteiger partial charge in [-0.1, -0.05) is 42.0 Å². The molecule has 2 aromatic carbocycles. The van der Waals surface area contributed by atoms with Crippen LogP contribution in [0, 0.1) is 20.8 Å². The van der Waals surface area contributed by atoms with E-state index in [1.807, 2.05) is 38.1 Å². The van der Waals surface area contributed by atoms with Crippen LogP contribution in [0.4, 0.5) is 19.0 Å². The van der Waals surface area contributed by atoms with E-state index < -0.39 is 11.7 Å². The van der Waals surface area contributed by atoms with Crippen LogP contribution in [0.5, 0.6) is 0 Å². The van der Waals surface area contributed by atoms with Gasteiger partial charge in [0.2, 0.25) is 5.91 Å². The molecule has 10 heteroatoms. The smallest absolute Gasteiger partial charge is 0.308 e. The van der Waals surface area contributed by atoms with Gasteiger partial charge in [-0.05, 0) is 55.7 Å². The number of aromatic nitrogens is 5. The standard InChI is InChI=1S/C28H25F3N6O/c1-17-6-4-8-21(12-17)23-10-11-32-27-26(23)19(3)34-37(27)16-25(38)33-24-13-18(2)36(35-24)15-20-7-5-9-22(14-20)28(29,30)31/h4-14H,15-16H2,1-3H3,(H,33,35,38). The van der Waals surface area contributed by atoms with E-state index in [2.05, 4.69) is 26.6 Å². The second-order valence-corrected chi connectivity index (χ2v) is 9.24. The van der Waals surface area contributed by atoms with Gasteiger partial charge < -0.3 is 5.32 Å². The predicted molar refractivity (Wildman–Crippen MR) is 139 cm³/mol. The summed E-state index contributed by atoms with van der Waals surface area (Å²) in [7, 11) is 0. The van der Waals surface area contributed by atoms with Gasteiger partial charge in [-0.2, -0.15) is 23.4 Å². The number of nitrogens with zero attached hydrogens (tertiary/aromatic N) is 5. The number of nitrogens with one attached hydrogen (secondary N) is 1. The summed E-state index contributed by atoms with van der Waals surface area (Å²) in [5.74, 6) is -0.0399. The third-order valence-electron chi connectivity index (χ3n) is 6.27. The lowest BCUT2D eigenvalue weighted by Gasteiger charge is -2.09. The molecule has 0 aliphatic carbocycles. The van der Waals surface area contributed by atoms with Crippen molar-refractivity contribution >= 4 is 22.8 Å². The molecule has 0 aliphatic rings. The molecule has 0 unspecified atom stereocenters. The molecule has 0 aliphatic heterocycles. The fourth-order valence-corrected chi connectivity index (χ4v) is 4.51. The van der Waals surface area contributed by atoms with Crippen molar-refractivity contribution in [2.45, 2.75) is 40.0 Å². The number of anilines is 1. The van der Waals surface area contributed by atoms with Gasteiger partial charge in [0.1, 0.15) is 6.54 Å². The molecule has 5 aromatic rings. The molecule has 1 amide bonds. The average Bonchev–Trinajstić information content (AvgIpc) is 3.36. The van der Waals surface area contributed by atoms with E-state index in [0.717, 1.165) is 39.9 Å². The van der Waals surface area contributed by atoms with Gasteiger partial charge in [0, 0.05) is 23.3 Å². The fraction of sp³-hybridized carbons (Fsp3) is 0.214. The SMILES string of the molecule is Cc1cccc(-c2ccnc3c2c(C)nn3CC(=O)Nc2cc(C)n(Cc3cccc(C(F)(F)F)c3)n2)c1. The zero-order valence-corrected chi connectivity index (χ0v) is 21.0. The Labute approximate surface area is 216 Å². The van der Waals surface area contributed by atoms with E-state index in [9.17, 15) is 18.0 Å². The monoisotopic (exact) mass is 518 g/mol. The van der Waals surface area contributed by atoms with E-state index >= 15 is 0 Å². The van der Waals surface area contributed by atoms with Gasteiger partial charge in [0.15, 0.2) is 11.5 Å². The molecular weight excluding hydrogens is 493 g/mol. The molecule has 3 heterocycles. The van der Waals surface area contributed by atoms with E-state index in [1.54, 1.807) is 34.6 Å². The summed E-state index contributed by atoms with van der Waals surface area (Å²) >= 11 is 0. The van der Waals surface area contributed by atoms with Crippen molar-refractivity contribution in [2.24, 2.45) is 0 Å². The van der Waals surface area contributed by atoms with Crippen molar-refractivity contribution in [1.82, 2.24) is 24.5 Å². The minimum atomic E-state index is -4.42. The van der Waals surface area contributed by atoms with Gasteiger partial charge in [-0.3, -0.25) is 9.48 Å². The molecule has 0 radical (unpaired) electrons. The molecule has 0 atom stereocenters. The Morgan fingerprint density at radius 1 is 0.947 bits per heavy atom. The number of carbonyl (C=O) groups is 1. The van der Waals surface area contributed by atoms with Crippen LogP contribution in [0.1, 0.15) is 28.1 Å². The number of alkyl halides is 3. The van der Waals surface area contributed by atoms with Crippen molar-refractivity contribution in [3.63, 3.8) is 0 Å². The molecule has 0 bridgehead atoms. The fourth-order valence-electron chi connectivity index (χ4n) is 4.51. The van der Waals surface area contributed by atoms with Crippen LogP contribution >= 0.6 is 0 Å². The second-order valence-electron chi connectivity index (χ2n) is 9.24. The number of carbonyl (C=O) groups excluding carboxylic acids is 1. The Kier molecular flexibility index (Phi) is 6.48. The highest BCUT2D eigenvalue weighted by atomic mass is 19.4. The molecule has 5 rings (SSSR count). The third-order valence-corrected chi connectivity index (χ3v) is 6.27. The summed E-state index contributed by atoms with van der Waals surface area (Å²) in [6.45, 7) is 5.76. The highest BCUT2D eigenvalue weighted by Crippen LogP contribution is 2.31. The van der Waals surface area contributed by atoms with Crippen molar-refractivity contribution in [2.75, 3.05) is 5.32 Å². The molecule has 1 N–H and O–H groups in total. The number of amides is 1. The normalized spacial score (nSPS) is 11.7. The Hall–Kier alpha value is -4.47. The van der Waals surface area contributed by atoms with Gasteiger partial charge >= 0.3 is 6.18 Å². The van der Waals surface area contributed by atoms with E-state index in [0.29, 0.717) is 22.7 Å². The zero-order valence-electron chi connectivity index (χ0n) is 21.0. The maximum Gasteiger partial charge on any atom is 0.416 e. The van der Waals surface area contributed by atoms with E-state index in [1.165, 1.54) is 6.07 Å². The number of rotatable bonds is 6. The minimum absolute atomic E-state index is 0.0753. The van der Waals surface area contributed by atoms with Crippen molar-refractivity contribution in [1.29, 1.82) is 0 Å². The highest BCUT2D eigenvalue weighted by molar-refractivity contribution is 5.96. The van der Waals surface area contributed by atoms with Crippen LogP contribution in [0.2, 0.25) is 0 Å². The molecule has 38 heavy (non-hydrogen) atoms. The first-order valence-corrected chi connectivity index (χ1v) is 12.0. The summed E-state index contributed by atoms with van der Waals surface area (Å²) < 4.78 is 42.3. The number of hydrogen-bond acceptors (Lipinski definition) is 4. The number of pyridine rings is 1. The van der Waals surface area contributed by atoms with Crippen LogP contribution in [0.15, 0.2) is 66.9 Å². The van der Waals surface area contributed by atoms with Gasteiger partial charge in [-0.15, -0.1) is 0 Å². The van der Waals surface area contributed by atoms with Crippen LogP contribution < -0.4 is 5.32 Å². The predicted octanol–water partition coefficient (Wildman–Crippen LogP) is 5.93. The largest absolute Gasteiger partial charge is 0.416 e. The number of halogens is 3.